The zero-order valence-electron chi connectivity index (χ0n) is 18.5. The number of nitrogens with zero attached hydrogens (tertiary/aromatic N) is 6. The van der Waals surface area contributed by atoms with Crippen molar-refractivity contribution < 1.29 is 13.6 Å². The number of halogens is 2. The van der Waals surface area contributed by atoms with E-state index in [1.54, 1.807) is 37.1 Å². The van der Waals surface area contributed by atoms with Gasteiger partial charge in [0.25, 0.3) is 6.43 Å². The first kappa shape index (κ1) is 20.7. The Morgan fingerprint density at radius 2 is 1.97 bits per heavy atom. The molecule has 0 atom stereocenters. The van der Waals surface area contributed by atoms with E-state index < -0.39 is 6.43 Å². The molecular weight excluding hydrogens is 414 g/mol. The third-order valence-electron chi connectivity index (χ3n) is 6.54. The molecule has 9 heteroatoms. The van der Waals surface area contributed by atoms with Crippen molar-refractivity contribution in [3.05, 3.63) is 46.9 Å². The van der Waals surface area contributed by atoms with Crippen molar-refractivity contribution in [1.82, 2.24) is 24.5 Å². The molecule has 0 saturated carbocycles. The van der Waals surface area contributed by atoms with Gasteiger partial charge < -0.3 is 9.80 Å². The Morgan fingerprint density at radius 1 is 1.16 bits per heavy atom. The third kappa shape index (κ3) is 3.36. The van der Waals surface area contributed by atoms with Gasteiger partial charge in [0.15, 0.2) is 5.82 Å². The van der Waals surface area contributed by atoms with E-state index in [0.29, 0.717) is 30.8 Å². The van der Waals surface area contributed by atoms with Crippen LogP contribution in [0.1, 0.15) is 42.2 Å². The SMILES string of the molecule is CC(=O)N1CCc2c(c(N3CCCc4cc(-c5cnn(C)c5)c(C(F)F)cc43)nn2C)C1. The molecule has 0 unspecified atom stereocenters. The average molecular weight is 440 g/mol. The van der Waals surface area contributed by atoms with Gasteiger partial charge in [-0.15, -0.1) is 0 Å². The molecule has 1 amide bonds. The predicted molar refractivity (Wildman–Crippen MR) is 117 cm³/mol. The summed E-state index contributed by atoms with van der Waals surface area (Å²) in [7, 11) is 3.69. The number of alkyl halides is 2. The van der Waals surface area contributed by atoms with Crippen molar-refractivity contribution in [1.29, 1.82) is 0 Å². The number of carbonyl (C=O) groups excluding carboxylic acids is 1. The molecule has 0 spiro atoms. The monoisotopic (exact) mass is 440 g/mol. The number of aromatic nitrogens is 4. The number of anilines is 2. The Kier molecular flexibility index (Phi) is 4.98. The molecule has 2 aromatic heterocycles. The van der Waals surface area contributed by atoms with E-state index in [2.05, 4.69) is 10.00 Å². The predicted octanol–water partition coefficient (Wildman–Crippen LogP) is 3.75. The average Bonchev–Trinajstić information content (AvgIpc) is 3.35. The normalized spacial score (nSPS) is 15.8. The van der Waals surface area contributed by atoms with Crippen molar-refractivity contribution in [2.45, 2.75) is 39.2 Å². The fourth-order valence-electron chi connectivity index (χ4n) is 4.92. The smallest absolute Gasteiger partial charge is 0.264 e. The summed E-state index contributed by atoms with van der Waals surface area (Å²) in [6, 6.07) is 3.51. The zero-order valence-corrected chi connectivity index (χ0v) is 18.5. The highest BCUT2D eigenvalue weighted by molar-refractivity contribution is 5.78. The maximum absolute atomic E-state index is 14.1. The lowest BCUT2D eigenvalue weighted by Gasteiger charge is -2.33. The van der Waals surface area contributed by atoms with Crippen LogP contribution in [0, 0.1) is 0 Å². The van der Waals surface area contributed by atoms with Gasteiger partial charge in [0.1, 0.15) is 0 Å². The number of hydrogen-bond donors (Lipinski definition) is 0. The molecule has 0 saturated heterocycles. The second-order valence-electron chi connectivity index (χ2n) is 8.59. The van der Waals surface area contributed by atoms with Crippen molar-refractivity contribution >= 4 is 17.4 Å². The number of rotatable bonds is 3. The number of hydrogen-bond acceptors (Lipinski definition) is 4. The van der Waals surface area contributed by atoms with Crippen molar-refractivity contribution in [3.8, 4) is 11.1 Å². The Balaban J connectivity index is 1.62. The summed E-state index contributed by atoms with van der Waals surface area (Å²) in [6.45, 7) is 3.44. The van der Waals surface area contributed by atoms with Crippen LogP contribution in [0.3, 0.4) is 0 Å². The maximum Gasteiger partial charge on any atom is 0.264 e. The molecular formula is C23H26F2N6O. The van der Waals surface area contributed by atoms with Crippen LogP contribution in [0.15, 0.2) is 24.5 Å². The van der Waals surface area contributed by atoms with Crippen LogP contribution in [0.2, 0.25) is 0 Å². The lowest BCUT2D eigenvalue weighted by Crippen LogP contribution is -2.35. The van der Waals surface area contributed by atoms with Gasteiger partial charge in [0, 0.05) is 74.8 Å². The van der Waals surface area contributed by atoms with Crippen LogP contribution in [0.5, 0.6) is 0 Å². The summed E-state index contributed by atoms with van der Waals surface area (Å²) in [5.41, 5.74) is 5.13. The van der Waals surface area contributed by atoms with Crippen molar-refractivity contribution in [2.75, 3.05) is 18.0 Å². The van der Waals surface area contributed by atoms with Gasteiger partial charge >= 0.3 is 0 Å². The van der Waals surface area contributed by atoms with Gasteiger partial charge in [-0.05, 0) is 36.1 Å². The largest absolute Gasteiger partial charge is 0.338 e. The van der Waals surface area contributed by atoms with E-state index in [1.165, 1.54) is 0 Å². The van der Waals surface area contributed by atoms with Crippen LogP contribution < -0.4 is 4.90 Å². The fourth-order valence-corrected chi connectivity index (χ4v) is 4.92. The molecule has 0 bridgehead atoms. The highest BCUT2D eigenvalue weighted by Crippen LogP contribution is 2.42. The molecule has 0 N–H and O–H groups in total. The topological polar surface area (TPSA) is 59.2 Å². The highest BCUT2D eigenvalue weighted by Gasteiger charge is 2.31. The molecule has 1 aromatic carbocycles. The first-order chi connectivity index (χ1) is 15.3. The van der Waals surface area contributed by atoms with Gasteiger partial charge in [0.2, 0.25) is 5.91 Å². The first-order valence-corrected chi connectivity index (χ1v) is 10.8. The summed E-state index contributed by atoms with van der Waals surface area (Å²) >= 11 is 0. The van der Waals surface area contributed by atoms with E-state index in [4.69, 9.17) is 5.10 Å². The minimum atomic E-state index is -2.61. The second kappa shape index (κ2) is 7.72. The Bertz CT molecular complexity index is 1200. The third-order valence-corrected chi connectivity index (χ3v) is 6.54. The van der Waals surface area contributed by atoms with Gasteiger partial charge in [-0.1, -0.05) is 0 Å². The summed E-state index contributed by atoms with van der Waals surface area (Å²) in [4.78, 5) is 15.9. The standard InChI is InChI=1S/C23H26F2N6O/c1-14(32)30-8-6-20-19(13-30)23(27-29(20)3)31-7-4-5-15-9-17(16-11-26-28(2)12-16)18(22(24)25)10-21(15)31/h9-12,22H,4-8,13H2,1-3H3. The van der Waals surface area contributed by atoms with E-state index in [0.717, 1.165) is 47.6 Å². The number of fused-ring (bicyclic) bond motifs is 2. The van der Waals surface area contributed by atoms with Crippen LogP contribution >= 0.6 is 0 Å². The maximum atomic E-state index is 14.1. The molecule has 5 rings (SSSR count). The molecule has 4 heterocycles. The number of amides is 1. The molecule has 2 aliphatic heterocycles. The molecule has 2 aliphatic rings. The minimum Gasteiger partial charge on any atom is -0.338 e. The molecule has 0 radical (unpaired) electrons. The first-order valence-electron chi connectivity index (χ1n) is 10.8. The van der Waals surface area contributed by atoms with Crippen LogP contribution in [-0.4, -0.2) is 43.5 Å². The number of aryl methyl sites for hydroxylation is 3. The van der Waals surface area contributed by atoms with Crippen LogP contribution in [0.4, 0.5) is 20.3 Å². The van der Waals surface area contributed by atoms with Crippen LogP contribution in [-0.2, 0) is 38.3 Å². The molecule has 32 heavy (non-hydrogen) atoms. The fraction of sp³-hybridized carbons (Fsp3) is 0.435. The van der Waals surface area contributed by atoms with E-state index in [-0.39, 0.29) is 11.5 Å². The zero-order chi connectivity index (χ0) is 22.6. The van der Waals surface area contributed by atoms with Gasteiger partial charge in [-0.3, -0.25) is 14.2 Å². The summed E-state index contributed by atoms with van der Waals surface area (Å²) < 4.78 is 31.7. The van der Waals surface area contributed by atoms with Gasteiger partial charge in [-0.25, -0.2) is 8.78 Å². The molecule has 3 aromatic rings. The van der Waals surface area contributed by atoms with E-state index in [1.807, 2.05) is 22.7 Å². The lowest BCUT2D eigenvalue weighted by atomic mass is 9.92. The number of benzene rings is 1. The Hall–Kier alpha value is -3.23. The Morgan fingerprint density at radius 3 is 2.66 bits per heavy atom. The quantitative estimate of drug-likeness (QED) is 0.623. The Labute approximate surface area is 185 Å². The van der Waals surface area contributed by atoms with Crippen molar-refractivity contribution in [3.63, 3.8) is 0 Å². The number of carbonyl (C=O) groups is 1. The van der Waals surface area contributed by atoms with Gasteiger partial charge in [-0.2, -0.15) is 10.2 Å². The minimum absolute atomic E-state index is 0.00110. The molecule has 0 fully saturated rings. The molecule has 168 valence electrons. The van der Waals surface area contributed by atoms with E-state index >= 15 is 0 Å². The lowest BCUT2D eigenvalue weighted by molar-refractivity contribution is -0.129. The van der Waals surface area contributed by atoms with Crippen LogP contribution in [0.25, 0.3) is 11.1 Å². The second-order valence-corrected chi connectivity index (χ2v) is 8.59. The molecule has 0 aliphatic carbocycles. The summed E-state index contributed by atoms with van der Waals surface area (Å²) in [5.74, 6) is 0.800. The summed E-state index contributed by atoms with van der Waals surface area (Å²) in [5, 5.41) is 8.93. The summed E-state index contributed by atoms with van der Waals surface area (Å²) in [6.07, 6.45) is 3.23. The van der Waals surface area contributed by atoms with Gasteiger partial charge in [0.05, 0.1) is 12.7 Å². The van der Waals surface area contributed by atoms with E-state index in [9.17, 15) is 13.6 Å². The van der Waals surface area contributed by atoms with Crippen molar-refractivity contribution in [2.24, 2.45) is 14.1 Å². The molecule has 7 nitrogen and oxygen atoms in total. The highest BCUT2D eigenvalue weighted by atomic mass is 19.3.